The molecule has 2 heteroatoms. The van der Waals surface area contributed by atoms with Gasteiger partial charge >= 0.3 is 0 Å². The molecule has 0 unspecified atom stereocenters. The second-order valence-corrected chi connectivity index (χ2v) is 4.14. The van der Waals surface area contributed by atoms with Gasteiger partial charge in [-0.2, -0.15) is 0 Å². The topological polar surface area (TPSA) is 15.3 Å². The summed E-state index contributed by atoms with van der Waals surface area (Å²) in [5.41, 5.74) is 1.27. The Morgan fingerprint density at radius 1 is 1.54 bits per heavy atom. The SMILES string of the molecule is C=C(C)CN(CC)CCC1CNC1. The lowest BCUT2D eigenvalue weighted by Crippen LogP contribution is -2.43. The zero-order valence-electron chi connectivity index (χ0n) is 8.97. The summed E-state index contributed by atoms with van der Waals surface area (Å²) < 4.78 is 0. The summed E-state index contributed by atoms with van der Waals surface area (Å²) in [7, 11) is 0. The molecule has 2 nitrogen and oxygen atoms in total. The fraction of sp³-hybridized carbons (Fsp3) is 0.818. The van der Waals surface area contributed by atoms with Crippen LogP contribution in [0.3, 0.4) is 0 Å². The van der Waals surface area contributed by atoms with Crippen molar-refractivity contribution >= 4 is 0 Å². The maximum atomic E-state index is 3.95. The molecular formula is C11H22N2. The highest BCUT2D eigenvalue weighted by Crippen LogP contribution is 2.09. The minimum atomic E-state index is 0.930. The molecule has 0 aromatic carbocycles. The number of hydrogen-bond donors (Lipinski definition) is 1. The second kappa shape index (κ2) is 5.40. The first-order chi connectivity index (χ1) is 6.22. The van der Waals surface area contributed by atoms with Gasteiger partial charge in [0.25, 0.3) is 0 Å². The van der Waals surface area contributed by atoms with Crippen LogP contribution in [0.1, 0.15) is 20.3 Å². The lowest BCUT2D eigenvalue weighted by Gasteiger charge is -2.30. The summed E-state index contributed by atoms with van der Waals surface area (Å²) >= 11 is 0. The number of rotatable bonds is 6. The van der Waals surface area contributed by atoms with E-state index in [1.54, 1.807) is 0 Å². The lowest BCUT2D eigenvalue weighted by molar-refractivity contribution is 0.246. The molecule has 13 heavy (non-hydrogen) atoms. The minimum Gasteiger partial charge on any atom is -0.316 e. The van der Waals surface area contributed by atoms with Gasteiger partial charge in [-0.3, -0.25) is 4.90 Å². The molecule has 1 rings (SSSR count). The molecule has 1 aliphatic heterocycles. The van der Waals surface area contributed by atoms with Gasteiger partial charge in [0.2, 0.25) is 0 Å². The van der Waals surface area contributed by atoms with Crippen LogP contribution in [0.25, 0.3) is 0 Å². The molecule has 0 saturated carbocycles. The van der Waals surface area contributed by atoms with Crippen LogP contribution in [-0.4, -0.2) is 37.6 Å². The van der Waals surface area contributed by atoms with E-state index in [-0.39, 0.29) is 0 Å². The summed E-state index contributed by atoms with van der Waals surface area (Å²) in [6.45, 7) is 14.2. The lowest BCUT2D eigenvalue weighted by atomic mass is 9.99. The molecule has 0 radical (unpaired) electrons. The molecule has 0 amide bonds. The van der Waals surface area contributed by atoms with Gasteiger partial charge in [0.05, 0.1) is 0 Å². The molecule has 1 N–H and O–H groups in total. The van der Waals surface area contributed by atoms with E-state index in [4.69, 9.17) is 0 Å². The molecule has 0 aromatic rings. The molecule has 1 saturated heterocycles. The maximum Gasteiger partial charge on any atom is 0.0187 e. The van der Waals surface area contributed by atoms with Crippen LogP contribution in [0.15, 0.2) is 12.2 Å². The van der Waals surface area contributed by atoms with Crippen molar-refractivity contribution in [2.75, 3.05) is 32.7 Å². The Kier molecular flexibility index (Phi) is 4.46. The van der Waals surface area contributed by atoms with E-state index in [9.17, 15) is 0 Å². The number of nitrogens with one attached hydrogen (secondary N) is 1. The van der Waals surface area contributed by atoms with E-state index in [1.165, 1.54) is 31.6 Å². The standard InChI is InChI=1S/C11H22N2/c1-4-13(9-10(2)3)6-5-11-7-12-8-11/h11-12H,2,4-9H2,1,3H3. The van der Waals surface area contributed by atoms with Crippen molar-refractivity contribution in [2.24, 2.45) is 5.92 Å². The molecule has 1 aliphatic rings. The Labute approximate surface area is 82.0 Å². The van der Waals surface area contributed by atoms with Gasteiger partial charge in [0.15, 0.2) is 0 Å². The fourth-order valence-corrected chi connectivity index (χ4v) is 1.65. The highest BCUT2D eigenvalue weighted by Gasteiger charge is 2.16. The molecule has 0 aliphatic carbocycles. The summed E-state index contributed by atoms with van der Waals surface area (Å²) in [5, 5.41) is 3.31. The van der Waals surface area contributed by atoms with Crippen molar-refractivity contribution in [1.82, 2.24) is 10.2 Å². The third-order valence-electron chi connectivity index (χ3n) is 2.66. The van der Waals surface area contributed by atoms with Gasteiger partial charge in [0.1, 0.15) is 0 Å². The van der Waals surface area contributed by atoms with Gasteiger partial charge in [0, 0.05) is 6.54 Å². The van der Waals surface area contributed by atoms with Crippen LogP contribution in [0.4, 0.5) is 0 Å². The van der Waals surface area contributed by atoms with Crippen molar-refractivity contribution < 1.29 is 0 Å². The Hall–Kier alpha value is -0.340. The number of hydrogen-bond acceptors (Lipinski definition) is 2. The Morgan fingerprint density at radius 3 is 2.62 bits per heavy atom. The zero-order valence-corrected chi connectivity index (χ0v) is 8.97. The van der Waals surface area contributed by atoms with Crippen LogP contribution in [0.2, 0.25) is 0 Å². The van der Waals surface area contributed by atoms with Crippen molar-refractivity contribution in [3.05, 3.63) is 12.2 Å². The predicted octanol–water partition coefficient (Wildman–Crippen LogP) is 1.49. The molecule has 0 bridgehead atoms. The van der Waals surface area contributed by atoms with Crippen molar-refractivity contribution in [3.8, 4) is 0 Å². The maximum absolute atomic E-state index is 3.95. The highest BCUT2D eigenvalue weighted by atomic mass is 15.1. The zero-order chi connectivity index (χ0) is 9.68. The fourth-order valence-electron chi connectivity index (χ4n) is 1.65. The molecule has 1 heterocycles. The van der Waals surface area contributed by atoms with E-state index in [2.05, 4.69) is 30.6 Å². The van der Waals surface area contributed by atoms with E-state index < -0.39 is 0 Å². The summed E-state index contributed by atoms with van der Waals surface area (Å²) in [4.78, 5) is 2.47. The molecule has 0 atom stereocenters. The van der Waals surface area contributed by atoms with E-state index in [1.807, 2.05) is 0 Å². The van der Waals surface area contributed by atoms with Gasteiger partial charge in [-0.25, -0.2) is 0 Å². The quantitative estimate of drug-likeness (QED) is 0.626. The molecule has 0 aromatic heterocycles. The van der Waals surface area contributed by atoms with Crippen molar-refractivity contribution in [3.63, 3.8) is 0 Å². The Bertz CT molecular complexity index is 161. The number of nitrogens with zero attached hydrogens (tertiary/aromatic N) is 1. The third kappa shape index (κ3) is 3.92. The molecule has 0 spiro atoms. The first kappa shape index (κ1) is 10.7. The summed E-state index contributed by atoms with van der Waals surface area (Å²) in [6, 6.07) is 0. The first-order valence-corrected chi connectivity index (χ1v) is 5.29. The van der Waals surface area contributed by atoms with Gasteiger partial charge in [-0.05, 0) is 45.4 Å². The van der Waals surface area contributed by atoms with Crippen molar-refractivity contribution in [1.29, 1.82) is 0 Å². The highest BCUT2D eigenvalue weighted by molar-refractivity contribution is 4.91. The van der Waals surface area contributed by atoms with Crippen LogP contribution in [0.5, 0.6) is 0 Å². The summed E-state index contributed by atoms with van der Waals surface area (Å²) in [6.07, 6.45) is 1.34. The van der Waals surface area contributed by atoms with E-state index in [0.717, 1.165) is 19.0 Å². The average Bonchev–Trinajstić information content (AvgIpc) is 1.99. The molecular weight excluding hydrogens is 160 g/mol. The normalized spacial score (nSPS) is 17.5. The average molecular weight is 182 g/mol. The Balaban J connectivity index is 2.10. The van der Waals surface area contributed by atoms with Gasteiger partial charge < -0.3 is 5.32 Å². The first-order valence-electron chi connectivity index (χ1n) is 5.29. The van der Waals surface area contributed by atoms with Crippen LogP contribution >= 0.6 is 0 Å². The van der Waals surface area contributed by atoms with E-state index >= 15 is 0 Å². The van der Waals surface area contributed by atoms with E-state index in [0.29, 0.717) is 0 Å². The third-order valence-corrected chi connectivity index (χ3v) is 2.66. The van der Waals surface area contributed by atoms with Crippen LogP contribution < -0.4 is 5.32 Å². The smallest absolute Gasteiger partial charge is 0.0187 e. The van der Waals surface area contributed by atoms with Gasteiger partial charge in [-0.15, -0.1) is 0 Å². The predicted molar refractivity (Wildman–Crippen MR) is 57.9 cm³/mol. The molecule has 1 fully saturated rings. The van der Waals surface area contributed by atoms with Crippen LogP contribution in [-0.2, 0) is 0 Å². The Morgan fingerprint density at radius 2 is 2.23 bits per heavy atom. The van der Waals surface area contributed by atoms with Crippen LogP contribution in [0, 0.1) is 5.92 Å². The minimum absolute atomic E-state index is 0.930. The summed E-state index contributed by atoms with van der Waals surface area (Å²) in [5.74, 6) is 0.930. The molecule has 76 valence electrons. The largest absolute Gasteiger partial charge is 0.316 e. The van der Waals surface area contributed by atoms with Gasteiger partial charge in [-0.1, -0.05) is 19.1 Å². The van der Waals surface area contributed by atoms with Crippen molar-refractivity contribution in [2.45, 2.75) is 20.3 Å². The number of likely N-dealkylation sites (N-methyl/N-ethyl adjacent to an activating group) is 1. The second-order valence-electron chi connectivity index (χ2n) is 4.14. The monoisotopic (exact) mass is 182 g/mol.